The first-order valence-electron chi connectivity index (χ1n) is 5.17. The molecule has 0 aliphatic heterocycles. The lowest BCUT2D eigenvalue weighted by Crippen LogP contribution is -2.29. The largest absolute Gasteiger partial charge is 0.481 e. The van der Waals surface area contributed by atoms with Crippen molar-refractivity contribution in [3.05, 3.63) is 6.07 Å². The lowest BCUT2D eigenvalue weighted by Gasteiger charge is -2.08. The molecule has 0 atom stereocenters. The van der Waals surface area contributed by atoms with E-state index < -0.39 is 0 Å². The number of hydrogen-bond acceptors (Lipinski definition) is 6. The average molecular weight is 240 g/mol. The summed E-state index contributed by atoms with van der Waals surface area (Å²) in [6.07, 6.45) is 0. The average Bonchev–Trinajstić information content (AvgIpc) is 2.36. The van der Waals surface area contributed by atoms with Crippen molar-refractivity contribution < 1.29 is 14.3 Å². The van der Waals surface area contributed by atoms with Crippen LogP contribution in [0.5, 0.6) is 11.8 Å². The predicted octanol–water partition coefficient (Wildman–Crippen LogP) is 0.0418. The van der Waals surface area contributed by atoms with E-state index in [9.17, 15) is 4.79 Å². The van der Waals surface area contributed by atoms with E-state index in [0.717, 1.165) is 0 Å². The van der Waals surface area contributed by atoms with Gasteiger partial charge < -0.3 is 20.1 Å². The number of aromatic nitrogens is 2. The summed E-state index contributed by atoms with van der Waals surface area (Å²) in [4.78, 5) is 19.3. The van der Waals surface area contributed by atoms with Crippen LogP contribution in [0.4, 0.5) is 5.95 Å². The molecule has 17 heavy (non-hydrogen) atoms. The van der Waals surface area contributed by atoms with E-state index in [1.165, 1.54) is 14.2 Å². The van der Waals surface area contributed by atoms with Gasteiger partial charge in [-0.25, -0.2) is 0 Å². The molecule has 0 fully saturated rings. The topological polar surface area (TPSA) is 85.4 Å². The summed E-state index contributed by atoms with van der Waals surface area (Å²) in [5.41, 5.74) is 0. The molecular formula is C10H16N4O3. The number of ether oxygens (including phenoxy) is 2. The van der Waals surface area contributed by atoms with Crippen molar-refractivity contribution in [2.45, 2.75) is 6.92 Å². The zero-order valence-corrected chi connectivity index (χ0v) is 10.1. The van der Waals surface area contributed by atoms with Crippen LogP contribution in [0, 0.1) is 0 Å². The van der Waals surface area contributed by atoms with Crippen molar-refractivity contribution >= 4 is 11.9 Å². The van der Waals surface area contributed by atoms with Crippen LogP contribution in [0.2, 0.25) is 0 Å². The van der Waals surface area contributed by atoms with Gasteiger partial charge in [0.1, 0.15) is 0 Å². The number of amides is 1. The number of methoxy groups -OCH3 is 2. The summed E-state index contributed by atoms with van der Waals surface area (Å²) < 4.78 is 9.96. The summed E-state index contributed by atoms with van der Waals surface area (Å²) in [5.74, 6) is 0.899. The third kappa shape index (κ3) is 4.13. The number of anilines is 1. The molecule has 7 heteroatoms. The minimum atomic E-state index is -0.127. The Balaban J connectivity index is 2.66. The van der Waals surface area contributed by atoms with Crippen LogP contribution in [0.3, 0.4) is 0 Å². The van der Waals surface area contributed by atoms with Gasteiger partial charge in [0.15, 0.2) is 0 Å². The Morgan fingerprint density at radius 3 is 2.35 bits per heavy atom. The van der Waals surface area contributed by atoms with Gasteiger partial charge >= 0.3 is 0 Å². The van der Waals surface area contributed by atoms with Crippen LogP contribution in [0.25, 0.3) is 0 Å². The van der Waals surface area contributed by atoms with Crippen molar-refractivity contribution in [2.75, 3.05) is 32.6 Å². The maximum atomic E-state index is 11.2. The first kappa shape index (κ1) is 13.0. The van der Waals surface area contributed by atoms with E-state index in [4.69, 9.17) is 9.47 Å². The number of carbonyl (C=O) groups excluding carboxylic acids is 1. The van der Waals surface area contributed by atoms with E-state index in [0.29, 0.717) is 18.3 Å². The number of hydrogen-bond donors (Lipinski definition) is 2. The highest BCUT2D eigenvalue weighted by Gasteiger charge is 2.06. The highest BCUT2D eigenvalue weighted by Crippen LogP contribution is 2.16. The summed E-state index contributed by atoms with van der Waals surface area (Å²) >= 11 is 0. The summed E-state index contributed by atoms with van der Waals surface area (Å²) in [5, 5.41) is 5.44. The molecule has 0 unspecified atom stereocenters. The van der Waals surface area contributed by atoms with Crippen LogP contribution in [-0.4, -0.2) is 43.2 Å². The van der Waals surface area contributed by atoms with Crippen molar-refractivity contribution in [3.63, 3.8) is 0 Å². The molecule has 2 N–H and O–H groups in total. The minimum absolute atomic E-state index is 0.101. The van der Waals surface area contributed by atoms with Gasteiger partial charge in [0, 0.05) is 6.54 Å². The van der Waals surface area contributed by atoms with Gasteiger partial charge in [-0.05, 0) is 6.92 Å². The summed E-state index contributed by atoms with van der Waals surface area (Å²) in [6.45, 7) is 2.54. The standard InChI is InChI=1S/C10H16N4O3/c1-4-11-7(15)6-12-10-13-8(16-2)5-9(14-10)17-3/h5H,4,6H2,1-3H3,(H,11,15)(H,12,13,14). The number of nitrogens with zero attached hydrogens (tertiary/aromatic N) is 2. The maximum absolute atomic E-state index is 11.2. The van der Waals surface area contributed by atoms with Crippen LogP contribution >= 0.6 is 0 Å². The SMILES string of the molecule is CCNC(=O)CNc1nc(OC)cc(OC)n1. The van der Waals surface area contributed by atoms with Crippen molar-refractivity contribution in [1.82, 2.24) is 15.3 Å². The number of rotatable bonds is 6. The van der Waals surface area contributed by atoms with Crippen molar-refractivity contribution in [1.29, 1.82) is 0 Å². The number of nitrogens with one attached hydrogen (secondary N) is 2. The van der Waals surface area contributed by atoms with Gasteiger partial charge in [0.25, 0.3) is 0 Å². The summed E-state index contributed by atoms with van der Waals surface area (Å²) in [6, 6.07) is 1.55. The zero-order chi connectivity index (χ0) is 12.7. The van der Waals surface area contributed by atoms with E-state index in [1.807, 2.05) is 6.92 Å². The Kier molecular flexibility index (Phi) is 4.99. The van der Waals surface area contributed by atoms with Crippen LogP contribution in [0.15, 0.2) is 6.07 Å². The first-order chi connectivity index (χ1) is 8.19. The fraction of sp³-hybridized carbons (Fsp3) is 0.500. The predicted molar refractivity (Wildman–Crippen MR) is 62.3 cm³/mol. The molecule has 0 aromatic carbocycles. The fourth-order valence-electron chi connectivity index (χ4n) is 1.11. The zero-order valence-electron chi connectivity index (χ0n) is 10.1. The lowest BCUT2D eigenvalue weighted by molar-refractivity contribution is -0.119. The van der Waals surface area contributed by atoms with Crippen molar-refractivity contribution in [3.8, 4) is 11.8 Å². The van der Waals surface area contributed by atoms with Crippen LogP contribution < -0.4 is 20.1 Å². The monoisotopic (exact) mass is 240 g/mol. The molecule has 0 bridgehead atoms. The molecule has 1 amide bonds. The smallest absolute Gasteiger partial charge is 0.239 e. The minimum Gasteiger partial charge on any atom is -0.481 e. The van der Waals surface area contributed by atoms with Crippen LogP contribution in [-0.2, 0) is 4.79 Å². The molecule has 0 saturated heterocycles. The molecule has 0 radical (unpaired) electrons. The molecule has 1 rings (SSSR count). The highest BCUT2D eigenvalue weighted by atomic mass is 16.5. The van der Waals surface area contributed by atoms with Crippen molar-refractivity contribution in [2.24, 2.45) is 0 Å². The molecule has 7 nitrogen and oxygen atoms in total. The Hall–Kier alpha value is -2.05. The van der Waals surface area contributed by atoms with Gasteiger partial charge in [-0.15, -0.1) is 0 Å². The second kappa shape index (κ2) is 6.51. The molecule has 0 saturated carbocycles. The van der Waals surface area contributed by atoms with Gasteiger partial charge in [-0.2, -0.15) is 9.97 Å². The molecule has 0 aliphatic carbocycles. The lowest BCUT2D eigenvalue weighted by atomic mass is 10.5. The Bertz CT molecular complexity index is 362. The molecular weight excluding hydrogens is 224 g/mol. The third-order valence-electron chi connectivity index (χ3n) is 1.88. The molecule has 1 heterocycles. The van der Waals surface area contributed by atoms with Gasteiger partial charge in [-0.1, -0.05) is 0 Å². The normalized spacial score (nSPS) is 9.59. The molecule has 0 aliphatic rings. The van der Waals surface area contributed by atoms with Gasteiger partial charge in [-0.3, -0.25) is 4.79 Å². The Labute approximate surface area is 99.5 Å². The van der Waals surface area contributed by atoms with E-state index in [1.54, 1.807) is 6.07 Å². The second-order valence-corrected chi connectivity index (χ2v) is 3.08. The van der Waals surface area contributed by atoms with E-state index >= 15 is 0 Å². The third-order valence-corrected chi connectivity index (χ3v) is 1.88. The second-order valence-electron chi connectivity index (χ2n) is 3.08. The molecule has 1 aromatic heterocycles. The molecule has 94 valence electrons. The maximum Gasteiger partial charge on any atom is 0.239 e. The van der Waals surface area contributed by atoms with E-state index in [-0.39, 0.29) is 18.4 Å². The number of likely N-dealkylation sites (N-methyl/N-ethyl adjacent to an activating group) is 1. The van der Waals surface area contributed by atoms with Crippen LogP contribution in [0.1, 0.15) is 6.92 Å². The summed E-state index contributed by atoms with van der Waals surface area (Å²) in [7, 11) is 2.99. The Morgan fingerprint density at radius 2 is 1.88 bits per heavy atom. The molecule has 1 aromatic rings. The fourth-order valence-corrected chi connectivity index (χ4v) is 1.11. The van der Waals surface area contributed by atoms with E-state index in [2.05, 4.69) is 20.6 Å². The Morgan fingerprint density at radius 1 is 1.29 bits per heavy atom. The molecule has 0 spiro atoms. The van der Waals surface area contributed by atoms with Gasteiger partial charge in [0.2, 0.25) is 23.6 Å². The first-order valence-corrected chi connectivity index (χ1v) is 5.17. The number of carbonyl (C=O) groups is 1. The van der Waals surface area contributed by atoms with Gasteiger partial charge in [0.05, 0.1) is 26.8 Å². The highest BCUT2D eigenvalue weighted by molar-refractivity contribution is 5.80. The quantitative estimate of drug-likeness (QED) is 0.730.